The Labute approximate surface area is 160 Å². The third-order valence-corrected chi connectivity index (χ3v) is 3.93. The van der Waals surface area contributed by atoms with Gasteiger partial charge in [0.2, 0.25) is 0 Å². The van der Waals surface area contributed by atoms with E-state index in [0.717, 1.165) is 11.1 Å². The van der Waals surface area contributed by atoms with E-state index in [1.165, 1.54) is 48.5 Å². The fourth-order valence-electron chi connectivity index (χ4n) is 2.42. The maximum atomic E-state index is 10.8. The number of nitro benzene ring substituents is 2. The second kappa shape index (κ2) is 8.17. The van der Waals surface area contributed by atoms with E-state index in [-0.39, 0.29) is 11.4 Å². The van der Waals surface area contributed by atoms with Gasteiger partial charge in [-0.05, 0) is 31.2 Å². The molecule has 0 spiro atoms. The van der Waals surface area contributed by atoms with Gasteiger partial charge in [0.15, 0.2) is 0 Å². The summed E-state index contributed by atoms with van der Waals surface area (Å²) in [5.74, 6) is 0.774. The van der Waals surface area contributed by atoms with Gasteiger partial charge in [0.05, 0.1) is 9.85 Å². The van der Waals surface area contributed by atoms with E-state index in [4.69, 9.17) is 9.47 Å². The molecule has 3 rings (SSSR count). The molecule has 0 heterocycles. The molecular weight excluding hydrogens is 364 g/mol. The predicted octanol–water partition coefficient (Wildman–Crippen LogP) is 4.97. The van der Waals surface area contributed by atoms with E-state index in [9.17, 15) is 20.2 Å². The van der Waals surface area contributed by atoms with Crippen molar-refractivity contribution in [3.63, 3.8) is 0 Å². The van der Waals surface area contributed by atoms with Crippen molar-refractivity contribution in [2.24, 2.45) is 0 Å². The van der Waals surface area contributed by atoms with Crippen LogP contribution in [0.1, 0.15) is 17.4 Å². The van der Waals surface area contributed by atoms with Crippen LogP contribution in [0.25, 0.3) is 0 Å². The highest BCUT2D eigenvalue weighted by Gasteiger charge is 2.17. The quantitative estimate of drug-likeness (QED) is 0.326. The van der Waals surface area contributed by atoms with Crippen molar-refractivity contribution in [1.82, 2.24) is 0 Å². The molecule has 28 heavy (non-hydrogen) atoms. The molecule has 142 valence electrons. The highest BCUT2D eigenvalue weighted by Crippen LogP contribution is 2.28. The first-order chi connectivity index (χ1) is 13.4. The smallest absolute Gasteiger partial charge is 0.269 e. The molecule has 0 saturated carbocycles. The lowest BCUT2D eigenvalue weighted by atomic mass is 10.1. The molecule has 0 bridgehead atoms. The minimum atomic E-state index is -0.844. The third-order valence-electron chi connectivity index (χ3n) is 3.93. The Morgan fingerprint density at radius 1 is 0.679 bits per heavy atom. The van der Waals surface area contributed by atoms with Gasteiger partial charge in [-0.25, -0.2) is 0 Å². The van der Waals surface area contributed by atoms with Gasteiger partial charge >= 0.3 is 0 Å². The summed E-state index contributed by atoms with van der Waals surface area (Å²) in [7, 11) is 0. The Kier molecular flexibility index (Phi) is 5.50. The first-order valence-corrected chi connectivity index (χ1v) is 8.31. The average Bonchev–Trinajstić information content (AvgIpc) is 2.69. The maximum absolute atomic E-state index is 10.8. The lowest BCUT2D eigenvalue weighted by Crippen LogP contribution is -2.15. The third kappa shape index (κ3) is 4.61. The molecule has 0 aliphatic rings. The van der Waals surface area contributed by atoms with Crippen LogP contribution in [0, 0.1) is 27.2 Å². The molecule has 8 heteroatoms. The summed E-state index contributed by atoms with van der Waals surface area (Å²) in [5.41, 5.74) is 1.70. The molecule has 0 aromatic heterocycles. The van der Waals surface area contributed by atoms with E-state index < -0.39 is 16.1 Å². The van der Waals surface area contributed by atoms with Crippen LogP contribution in [0.2, 0.25) is 0 Å². The van der Waals surface area contributed by atoms with Crippen molar-refractivity contribution in [1.29, 1.82) is 0 Å². The van der Waals surface area contributed by atoms with Crippen molar-refractivity contribution in [3.05, 3.63) is 104 Å². The minimum Gasteiger partial charge on any atom is -0.451 e. The standard InChI is InChI=1S/C20H16N2O6/c1-14-2-4-15(5-3-14)20(27-18-10-6-16(7-11-18)21(23)24)28-19-12-8-17(9-13-19)22(25)26/h2-13,20H,1H3. The predicted molar refractivity (Wildman–Crippen MR) is 101 cm³/mol. The number of non-ortho nitro benzene ring substituents is 2. The Morgan fingerprint density at radius 2 is 1.07 bits per heavy atom. The van der Waals surface area contributed by atoms with Crippen LogP contribution in [0.15, 0.2) is 72.8 Å². The lowest BCUT2D eigenvalue weighted by molar-refractivity contribution is -0.385. The molecule has 0 unspecified atom stereocenters. The average molecular weight is 380 g/mol. The monoisotopic (exact) mass is 380 g/mol. The number of nitro groups is 2. The normalized spacial score (nSPS) is 10.5. The largest absolute Gasteiger partial charge is 0.451 e. The Bertz CT molecular complexity index is 910. The second-order valence-corrected chi connectivity index (χ2v) is 5.98. The zero-order valence-electron chi connectivity index (χ0n) is 14.8. The molecule has 3 aromatic rings. The van der Waals surface area contributed by atoms with Gasteiger partial charge in [-0.2, -0.15) is 0 Å². The molecule has 0 radical (unpaired) electrons. The van der Waals surface area contributed by atoms with Gasteiger partial charge in [0.1, 0.15) is 11.5 Å². The number of hydrogen-bond donors (Lipinski definition) is 0. The van der Waals surface area contributed by atoms with Crippen LogP contribution in [0.4, 0.5) is 11.4 Å². The topological polar surface area (TPSA) is 105 Å². The lowest BCUT2D eigenvalue weighted by Gasteiger charge is -2.21. The van der Waals surface area contributed by atoms with Crippen LogP contribution in [-0.4, -0.2) is 9.85 Å². The zero-order chi connectivity index (χ0) is 20.1. The molecule has 0 aliphatic carbocycles. The van der Waals surface area contributed by atoms with Gasteiger partial charge in [-0.1, -0.05) is 29.8 Å². The highest BCUT2D eigenvalue weighted by molar-refractivity contribution is 5.38. The molecule has 8 nitrogen and oxygen atoms in total. The number of aryl methyl sites for hydroxylation is 1. The summed E-state index contributed by atoms with van der Waals surface area (Å²) in [4.78, 5) is 20.6. The Balaban J connectivity index is 1.85. The number of nitrogens with zero attached hydrogens (tertiary/aromatic N) is 2. The molecule has 0 aliphatic heterocycles. The van der Waals surface area contributed by atoms with E-state index in [1.807, 2.05) is 31.2 Å². The fourth-order valence-corrected chi connectivity index (χ4v) is 2.42. The van der Waals surface area contributed by atoms with Crippen LogP contribution in [0.3, 0.4) is 0 Å². The summed E-state index contributed by atoms with van der Waals surface area (Å²) in [6, 6.07) is 18.8. The first-order valence-electron chi connectivity index (χ1n) is 8.31. The van der Waals surface area contributed by atoms with Crippen LogP contribution >= 0.6 is 0 Å². The van der Waals surface area contributed by atoms with Crippen molar-refractivity contribution in [3.8, 4) is 11.5 Å². The van der Waals surface area contributed by atoms with Gasteiger partial charge < -0.3 is 9.47 Å². The molecule has 0 N–H and O–H groups in total. The summed E-state index contributed by atoms with van der Waals surface area (Å²) in [6.07, 6.45) is -0.844. The van der Waals surface area contributed by atoms with Crippen molar-refractivity contribution in [2.75, 3.05) is 0 Å². The summed E-state index contributed by atoms with van der Waals surface area (Å²) in [5, 5.41) is 21.6. The van der Waals surface area contributed by atoms with Gasteiger partial charge in [0.25, 0.3) is 17.7 Å². The number of ether oxygens (including phenoxy) is 2. The van der Waals surface area contributed by atoms with Gasteiger partial charge in [-0.15, -0.1) is 0 Å². The van der Waals surface area contributed by atoms with Crippen molar-refractivity contribution < 1.29 is 19.3 Å². The number of hydrogen-bond acceptors (Lipinski definition) is 6. The SMILES string of the molecule is Cc1ccc(C(Oc2ccc([N+](=O)[O-])cc2)Oc2ccc([N+](=O)[O-])cc2)cc1. The van der Waals surface area contributed by atoms with Gasteiger partial charge in [-0.3, -0.25) is 20.2 Å². The highest BCUT2D eigenvalue weighted by atomic mass is 16.7. The van der Waals surface area contributed by atoms with Crippen molar-refractivity contribution >= 4 is 11.4 Å². The van der Waals surface area contributed by atoms with E-state index in [1.54, 1.807) is 0 Å². The Hall–Kier alpha value is -3.94. The molecule has 0 fully saturated rings. The fraction of sp³-hybridized carbons (Fsp3) is 0.100. The Morgan fingerprint density at radius 3 is 1.43 bits per heavy atom. The zero-order valence-corrected chi connectivity index (χ0v) is 14.8. The number of rotatable bonds is 7. The summed E-state index contributed by atoms with van der Waals surface area (Å²) in [6.45, 7) is 1.95. The van der Waals surface area contributed by atoms with E-state index in [2.05, 4.69) is 0 Å². The van der Waals surface area contributed by atoms with E-state index >= 15 is 0 Å². The summed E-state index contributed by atoms with van der Waals surface area (Å²) < 4.78 is 11.8. The molecule has 0 amide bonds. The molecule has 0 saturated heterocycles. The molecule has 3 aromatic carbocycles. The summed E-state index contributed by atoms with van der Waals surface area (Å²) >= 11 is 0. The minimum absolute atomic E-state index is 0.0458. The molecular formula is C20H16N2O6. The molecule has 0 atom stereocenters. The van der Waals surface area contributed by atoms with Crippen LogP contribution in [0.5, 0.6) is 11.5 Å². The maximum Gasteiger partial charge on any atom is 0.269 e. The number of benzene rings is 3. The van der Waals surface area contributed by atoms with Gasteiger partial charge in [0, 0.05) is 29.8 Å². The van der Waals surface area contributed by atoms with Crippen LogP contribution in [-0.2, 0) is 0 Å². The van der Waals surface area contributed by atoms with Crippen molar-refractivity contribution in [2.45, 2.75) is 13.2 Å². The van der Waals surface area contributed by atoms with Crippen LogP contribution < -0.4 is 9.47 Å². The second-order valence-electron chi connectivity index (χ2n) is 5.98. The first kappa shape index (κ1) is 18.8. The van der Waals surface area contributed by atoms with E-state index in [0.29, 0.717) is 11.5 Å².